The lowest BCUT2D eigenvalue weighted by molar-refractivity contribution is 0.255. The van der Waals surface area contributed by atoms with Crippen LogP contribution < -0.4 is 5.73 Å². The highest BCUT2D eigenvalue weighted by Gasteiger charge is 2.16. The number of hydrogen-bond donors (Lipinski definition) is 1. The van der Waals surface area contributed by atoms with Crippen LogP contribution in [0.4, 0.5) is 0 Å². The van der Waals surface area contributed by atoms with E-state index in [1.807, 2.05) is 21.0 Å². The first-order chi connectivity index (χ1) is 7.82. The van der Waals surface area contributed by atoms with Gasteiger partial charge < -0.3 is 5.73 Å². The molecule has 1 aromatic heterocycles. The SMILES string of the molecule is Cc1nn(C)c(Cl)c1CN(C)C(C)CC(N)=S. The normalized spacial score (nSPS) is 13.1. The van der Waals surface area contributed by atoms with Crippen molar-refractivity contribution in [2.45, 2.75) is 32.9 Å². The summed E-state index contributed by atoms with van der Waals surface area (Å²) in [6, 6.07) is 0.295. The molecular formula is C11H19ClN4S. The van der Waals surface area contributed by atoms with E-state index >= 15 is 0 Å². The third kappa shape index (κ3) is 3.66. The molecule has 0 amide bonds. The van der Waals surface area contributed by atoms with Crippen LogP contribution in [0.3, 0.4) is 0 Å². The number of rotatable bonds is 5. The van der Waals surface area contributed by atoms with Gasteiger partial charge in [0.2, 0.25) is 0 Å². The molecule has 0 bridgehead atoms. The lowest BCUT2D eigenvalue weighted by Gasteiger charge is -2.24. The molecule has 0 saturated heterocycles. The molecule has 0 aliphatic rings. The Kier molecular flexibility index (Phi) is 4.91. The van der Waals surface area contributed by atoms with Gasteiger partial charge in [-0.2, -0.15) is 5.10 Å². The molecule has 0 aliphatic heterocycles. The first-order valence-corrected chi connectivity index (χ1v) is 6.28. The van der Waals surface area contributed by atoms with E-state index in [0.29, 0.717) is 22.6 Å². The summed E-state index contributed by atoms with van der Waals surface area (Å²) in [5.41, 5.74) is 7.58. The van der Waals surface area contributed by atoms with Gasteiger partial charge in [0.1, 0.15) is 5.15 Å². The fraction of sp³-hybridized carbons (Fsp3) is 0.636. The van der Waals surface area contributed by atoms with Crippen molar-refractivity contribution >= 4 is 28.8 Å². The van der Waals surface area contributed by atoms with Crippen LogP contribution in [0.1, 0.15) is 24.6 Å². The number of nitrogens with zero attached hydrogens (tertiary/aromatic N) is 3. The molecule has 0 fully saturated rings. The number of aryl methyl sites for hydroxylation is 2. The second kappa shape index (κ2) is 5.80. The van der Waals surface area contributed by atoms with E-state index in [-0.39, 0.29) is 0 Å². The molecule has 1 aromatic rings. The maximum Gasteiger partial charge on any atom is 0.131 e. The van der Waals surface area contributed by atoms with Gasteiger partial charge in [0.25, 0.3) is 0 Å². The molecule has 0 saturated carbocycles. The highest BCUT2D eigenvalue weighted by molar-refractivity contribution is 7.80. The van der Waals surface area contributed by atoms with Gasteiger partial charge in [-0.15, -0.1) is 0 Å². The van der Waals surface area contributed by atoms with E-state index < -0.39 is 0 Å². The monoisotopic (exact) mass is 274 g/mol. The van der Waals surface area contributed by atoms with Crippen LogP contribution in [-0.2, 0) is 13.6 Å². The summed E-state index contributed by atoms with van der Waals surface area (Å²) in [4.78, 5) is 2.72. The van der Waals surface area contributed by atoms with Gasteiger partial charge in [0.05, 0.1) is 10.7 Å². The van der Waals surface area contributed by atoms with Gasteiger partial charge in [-0.05, 0) is 20.9 Å². The van der Waals surface area contributed by atoms with Crippen molar-refractivity contribution in [2.75, 3.05) is 7.05 Å². The lowest BCUT2D eigenvalue weighted by Crippen LogP contribution is -2.32. The minimum absolute atomic E-state index is 0.295. The maximum atomic E-state index is 6.19. The molecule has 17 heavy (non-hydrogen) atoms. The minimum Gasteiger partial charge on any atom is -0.393 e. The van der Waals surface area contributed by atoms with Crippen molar-refractivity contribution in [2.24, 2.45) is 12.8 Å². The number of thiocarbonyl (C=S) groups is 1. The summed E-state index contributed by atoms with van der Waals surface area (Å²) in [6.07, 6.45) is 0.711. The average Bonchev–Trinajstić information content (AvgIpc) is 2.44. The third-order valence-corrected chi connectivity index (χ3v) is 3.57. The van der Waals surface area contributed by atoms with Crippen LogP contribution >= 0.6 is 23.8 Å². The topological polar surface area (TPSA) is 47.1 Å². The zero-order valence-electron chi connectivity index (χ0n) is 10.7. The smallest absolute Gasteiger partial charge is 0.131 e. The Morgan fingerprint density at radius 2 is 2.24 bits per heavy atom. The van der Waals surface area contributed by atoms with Gasteiger partial charge in [-0.3, -0.25) is 9.58 Å². The molecule has 6 heteroatoms. The molecule has 1 rings (SSSR count). The zero-order valence-corrected chi connectivity index (χ0v) is 12.3. The third-order valence-electron chi connectivity index (χ3n) is 2.93. The standard InChI is InChI=1S/C11H19ClN4S/c1-7(5-10(13)17)15(3)6-9-8(2)14-16(4)11(9)12/h7H,5-6H2,1-4H3,(H2,13,17). The number of hydrogen-bond acceptors (Lipinski definition) is 3. The van der Waals surface area contributed by atoms with Crippen LogP contribution in [0.5, 0.6) is 0 Å². The van der Waals surface area contributed by atoms with Crippen molar-refractivity contribution in [3.8, 4) is 0 Å². The van der Waals surface area contributed by atoms with E-state index in [1.165, 1.54) is 0 Å². The first kappa shape index (κ1) is 14.4. The Labute approximate surface area is 113 Å². The molecule has 2 N–H and O–H groups in total. The van der Waals surface area contributed by atoms with Gasteiger partial charge in [-0.1, -0.05) is 23.8 Å². The molecule has 0 spiro atoms. The summed E-state index contributed by atoms with van der Waals surface area (Å²) in [5, 5.41) is 4.98. The molecule has 1 unspecified atom stereocenters. The first-order valence-electron chi connectivity index (χ1n) is 5.49. The highest BCUT2D eigenvalue weighted by Crippen LogP contribution is 2.21. The largest absolute Gasteiger partial charge is 0.393 e. The molecule has 1 atom stereocenters. The number of halogens is 1. The summed E-state index contributed by atoms with van der Waals surface area (Å²) >= 11 is 11.1. The lowest BCUT2D eigenvalue weighted by atomic mass is 10.2. The van der Waals surface area contributed by atoms with Crippen molar-refractivity contribution in [3.05, 3.63) is 16.4 Å². The van der Waals surface area contributed by atoms with Gasteiger partial charge in [0.15, 0.2) is 0 Å². The molecule has 4 nitrogen and oxygen atoms in total. The number of aromatic nitrogens is 2. The van der Waals surface area contributed by atoms with Crippen molar-refractivity contribution < 1.29 is 0 Å². The molecule has 96 valence electrons. The fourth-order valence-corrected chi connectivity index (χ4v) is 2.18. The van der Waals surface area contributed by atoms with Crippen molar-refractivity contribution in [1.82, 2.24) is 14.7 Å². The maximum absolute atomic E-state index is 6.19. The van der Waals surface area contributed by atoms with Crippen molar-refractivity contribution in [3.63, 3.8) is 0 Å². The average molecular weight is 275 g/mol. The molecule has 0 aromatic carbocycles. The number of nitrogens with two attached hydrogens (primary N) is 1. The van der Waals surface area contributed by atoms with Crippen LogP contribution in [0.25, 0.3) is 0 Å². The highest BCUT2D eigenvalue weighted by atomic mass is 35.5. The Bertz CT molecular complexity index is 416. The van der Waals surface area contributed by atoms with Crippen LogP contribution in [-0.4, -0.2) is 32.8 Å². The van der Waals surface area contributed by atoms with E-state index in [4.69, 9.17) is 29.6 Å². The Morgan fingerprint density at radius 3 is 2.65 bits per heavy atom. The Morgan fingerprint density at radius 1 is 1.65 bits per heavy atom. The quantitative estimate of drug-likeness (QED) is 0.833. The van der Waals surface area contributed by atoms with Crippen molar-refractivity contribution in [1.29, 1.82) is 0 Å². The summed E-state index contributed by atoms with van der Waals surface area (Å²) in [7, 11) is 3.88. The van der Waals surface area contributed by atoms with Crippen LogP contribution in [0, 0.1) is 6.92 Å². The summed E-state index contributed by atoms with van der Waals surface area (Å²) in [6.45, 7) is 4.81. The van der Waals surface area contributed by atoms with E-state index in [1.54, 1.807) is 4.68 Å². The van der Waals surface area contributed by atoms with E-state index in [9.17, 15) is 0 Å². The van der Waals surface area contributed by atoms with Crippen LogP contribution in [0.15, 0.2) is 0 Å². The molecule has 1 heterocycles. The van der Waals surface area contributed by atoms with Gasteiger partial charge in [-0.25, -0.2) is 0 Å². The predicted octanol–water partition coefficient (Wildman–Crippen LogP) is 1.88. The van der Waals surface area contributed by atoms with E-state index in [2.05, 4.69) is 16.9 Å². The summed E-state index contributed by atoms with van der Waals surface area (Å²) in [5.74, 6) is 0. The van der Waals surface area contributed by atoms with Gasteiger partial charge in [0, 0.05) is 31.6 Å². The Hall–Kier alpha value is -0.650. The summed E-state index contributed by atoms with van der Waals surface area (Å²) < 4.78 is 1.69. The molecular weight excluding hydrogens is 256 g/mol. The predicted molar refractivity (Wildman–Crippen MR) is 75.3 cm³/mol. The molecule has 0 aliphatic carbocycles. The zero-order chi connectivity index (χ0) is 13.2. The second-order valence-corrected chi connectivity index (χ2v) is 5.30. The Balaban J connectivity index is 2.73. The van der Waals surface area contributed by atoms with Crippen LogP contribution in [0.2, 0.25) is 5.15 Å². The molecule has 0 radical (unpaired) electrons. The second-order valence-electron chi connectivity index (χ2n) is 4.41. The van der Waals surface area contributed by atoms with Gasteiger partial charge >= 0.3 is 0 Å². The fourth-order valence-electron chi connectivity index (χ4n) is 1.71. The van der Waals surface area contributed by atoms with E-state index in [0.717, 1.165) is 17.8 Å². The minimum atomic E-state index is 0.295.